The molecule has 100 valence electrons. The Balaban J connectivity index is 1.91. The molecule has 1 aliphatic rings. The SMILES string of the molecule is O=C1NC(C(=O)NCc2cccc(C(=O)O)c2)CS1. The van der Waals surface area contributed by atoms with Crippen molar-refractivity contribution in [2.75, 3.05) is 5.75 Å². The molecule has 1 aliphatic heterocycles. The Morgan fingerprint density at radius 1 is 1.47 bits per heavy atom. The van der Waals surface area contributed by atoms with Crippen molar-refractivity contribution in [3.05, 3.63) is 35.4 Å². The third-order valence-corrected chi connectivity index (χ3v) is 3.51. The van der Waals surface area contributed by atoms with E-state index in [4.69, 9.17) is 5.11 Å². The van der Waals surface area contributed by atoms with Crippen LogP contribution in [0.2, 0.25) is 0 Å². The predicted octanol–water partition coefficient (Wildman–Crippen LogP) is 0.826. The number of carbonyl (C=O) groups is 3. The van der Waals surface area contributed by atoms with Crippen molar-refractivity contribution in [3.8, 4) is 0 Å². The highest BCUT2D eigenvalue weighted by Gasteiger charge is 2.27. The minimum atomic E-state index is -1.01. The highest BCUT2D eigenvalue weighted by molar-refractivity contribution is 8.14. The fourth-order valence-electron chi connectivity index (χ4n) is 1.65. The van der Waals surface area contributed by atoms with Crippen LogP contribution < -0.4 is 10.6 Å². The molecule has 1 saturated heterocycles. The van der Waals surface area contributed by atoms with Gasteiger partial charge in [0.2, 0.25) is 5.91 Å². The second kappa shape index (κ2) is 5.75. The fraction of sp³-hybridized carbons (Fsp3) is 0.250. The lowest BCUT2D eigenvalue weighted by molar-refractivity contribution is -0.122. The Morgan fingerprint density at radius 2 is 2.26 bits per heavy atom. The van der Waals surface area contributed by atoms with E-state index in [1.54, 1.807) is 12.1 Å². The number of benzene rings is 1. The molecule has 0 aromatic heterocycles. The summed E-state index contributed by atoms with van der Waals surface area (Å²) in [5.41, 5.74) is 0.877. The molecule has 0 aliphatic carbocycles. The quantitative estimate of drug-likeness (QED) is 0.759. The van der Waals surface area contributed by atoms with Gasteiger partial charge in [-0.1, -0.05) is 23.9 Å². The summed E-state index contributed by atoms with van der Waals surface area (Å²) in [5.74, 6) is -0.855. The number of hydrogen-bond donors (Lipinski definition) is 3. The van der Waals surface area contributed by atoms with Crippen molar-refractivity contribution in [3.63, 3.8) is 0 Å². The third-order valence-electron chi connectivity index (χ3n) is 2.63. The summed E-state index contributed by atoms with van der Waals surface area (Å²) in [6, 6.07) is 5.83. The first-order chi connectivity index (χ1) is 9.06. The van der Waals surface area contributed by atoms with Crippen molar-refractivity contribution >= 4 is 28.9 Å². The highest BCUT2D eigenvalue weighted by Crippen LogP contribution is 2.13. The smallest absolute Gasteiger partial charge is 0.335 e. The number of nitrogens with one attached hydrogen (secondary N) is 2. The standard InChI is InChI=1S/C12H12N2O4S/c15-10(9-6-19-12(18)14-9)13-5-7-2-1-3-8(4-7)11(16)17/h1-4,9H,5-6H2,(H,13,15)(H,14,18)(H,16,17). The summed E-state index contributed by atoms with van der Waals surface area (Å²) in [6.07, 6.45) is 0. The maximum absolute atomic E-state index is 11.7. The fourth-order valence-corrected chi connectivity index (χ4v) is 2.43. The number of aromatic carboxylic acids is 1. The number of amides is 2. The lowest BCUT2D eigenvalue weighted by Crippen LogP contribution is -2.42. The number of rotatable bonds is 4. The van der Waals surface area contributed by atoms with Crippen LogP contribution in [0.15, 0.2) is 24.3 Å². The average molecular weight is 280 g/mol. The van der Waals surface area contributed by atoms with Gasteiger partial charge in [0, 0.05) is 12.3 Å². The molecular weight excluding hydrogens is 268 g/mol. The summed E-state index contributed by atoms with van der Waals surface area (Å²) < 4.78 is 0. The molecule has 1 atom stereocenters. The maximum atomic E-state index is 11.7. The van der Waals surface area contributed by atoms with Crippen LogP contribution in [0.3, 0.4) is 0 Å². The lowest BCUT2D eigenvalue weighted by Gasteiger charge is -2.10. The molecule has 6 nitrogen and oxygen atoms in total. The topological polar surface area (TPSA) is 95.5 Å². The predicted molar refractivity (Wildman–Crippen MR) is 70.0 cm³/mol. The van der Waals surface area contributed by atoms with E-state index in [2.05, 4.69) is 10.6 Å². The van der Waals surface area contributed by atoms with Gasteiger partial charge in [-0.3, -0.25) is 9.59 Å². The van der Waals surface area contributed by atoms with Crippen LogP contribution in [-0.4, -0.2) is 34.0 Å². The molecule has 1 aromatic rings. The largest absolute Gasteiger partial charge is 0.478 e. The van der Waals surface area contributed by atoms with Crippen molar-refractivity contribution in [2.24, 2.45) is 0 Å². The average Bonchev–Trinajstić information content (AvgIpc) is 2.83. The van der Waals surface area contributed by atoms with Crippen LogP contribution in [0.1, 0.15) is 15.9 Å². The van der Waals surface area contributed by atoms with Gasteiger partial charge in [-0.15, -0.1) is 0 Å². The molecule has 0 bridgehead atoms. The van der Waals surface area contributed by atoms with Gasteiger partial charge in [0.15, 0.2) is 0 Å². The molecule has 1 heterocycles. The van der Waals surface area contributed by atoms with Crippen LogP contribution >= 0.6 is 11.8 Å². The van der Waals surface area contributed by atoms with E-state index in [1.165, 1.54) is 12.1 Å². The van der Waals surface area contributed by atoms with Crippen molar-refractivity contribution in [2.45, 2.75) is 12.6 Å². The third kappa shape index (κ3) is 3.47. The zero-order valence-electron chi connectivity index (χ0n) is 9.88. The molecule has 19 heavy (non-hydrogen) atoms. The van der Waals surface area contributed by atoms with Gasteiger partial charge >= 0.3 is 5.97 Å². The van der Waals surface area contributed by atoms with E-state index in [9.17, 15) is 14.4 Å². The molecule has 7 heteroatoms. The van der Waals surface area contributed by atoms with Crippen LogP contribution in [0.5, 0.6) is 0 Å². The molecule has 3 N–H and O–H groups in total. The maximum Gasteiger partial charge on any atom is 0.335 e. The van der Waals surface area contributed by atoms with Crippen molar-refractivity contribution in [1.29, 1.82) is 0 Å². The molecule has 1 aromatic carbocycles. The zero-order valence-corrected chi connectivity index (χ0v) is 10.7. The van der Waals surface area contributed by atoms with Crippen molar-refractivity contribution < 1.29 is 19.5 Å². The summed E-state index contributed by atoms with van der Waals surface area (Å²) in [7, 11) is 0. The minimum absolute atomic E-state index is 0.177. The van der Waals surface area contributed by atoms with Gasteiger partial charge in [0.05, 0.1) is 5.56 Å². The Morgan fingerprint density at radius 3 is 2.89 bits per heavy atom. The number of thioether (sulfide) groups is 1. The molecule has 2 rings (SSSR count). The minimum Gasteiger partial charge on any atom is -0.478 e. The lowest BCUT2D eigenvalue weighted by atomic mass is 10.1. The van der Waals surface area contributed by atoms with Gasteiger partial charge in [0.1, 0.15) is 6.04 Å². The van der Waals surface area contributed by atoms with Gasteiger partial charge in [-0.05, 0) is 17.7 Å². The van der Waals surface area contributed by atoms with Gasteiger partial charge < -0.3 is 15.7 Å². The van der Waals surface area contributed by atoms with Gasteiger partial charge in [0.25, 0.3) is 5.24 Å². The van der Waals surface area contributed by atoms with Crippen LogP contribution in [0.25, 0.3) is 0 Å². The first-order valence-corrected chi connectivity index (χ1v) is 6.58. The van der Waals surface area contributed by atoms with E-state index < -0.39 is 12.0 Å². The van der Waals surface area contributed by atoms with Crippen molar-refractivity contribution in [1.82, 2.24) is 10.6 Å². The number of carboxylic acid groups (broad SMARTS) is 1. The Hall–Kier alpha value is -2.02. The van der Waals surface area contributed by atoms with Crippen LogP contribution in [0.4, 0.5) is 4.79 Å². The highest BCUT2D eigenvalue weighted by atomic mass is 32.2. The normalized spacial score (nSPS) is 17.9. The number of hydrogen-bond acceptors (Lipinski definition) is 4. The Bertz CT molecular complexity index is 532. The second-order valence-electron chi connectivity index (χ2n) is 4.02. The molecule has 1 unspecified atom stereocenters. The van der Waals surface area contributed by atoms with E-state index >= 15 is 0 Å². The van der Waals surface area contributed by atoms with Crippen LogP contribution in [0, 0.1) is 0 Å². The van der Waals surface area contributed by atoms with E-state index in [0.29, 0.717) is 11.3 Å². The van der Waals surface area contributed by atoms with Crippen LogP contribution in [-0.2, 0) is 11.3 Å². The van der Waals surface area contributed by atoms with E-state index in [-0.39, 0.29) is 23.3 Å². The van der Waals surface area contributed by atoms with Gasteiger partial charge in [-0.2, -0.15) is 0 Å². The summed E-state index contributed by atoms with van der Waals surface area (Å²) in [5, 5.41) is 13.9. The zero-order chi connectivity index (χ0) is 13.8. The molecule has 0 spiro atoms. The molecule has 1 fully saturated rings. The van der Waals surface area contributed by atoms with E-state index in [0.717, 1.165) is 11.8 Å². The summed E-state index contributed by atoms with van der Waals surface area (Å²) in [4.78, 5) is 33.5. The Kier molecular flexibility index (Phi) is 4.06. The first-order valence-electron chi connectivity index (χ1n) is 5.59. The Labute approximate surface area is 113 Å². The second-order valence-corrected chi connectivity index (χ2v) is 5.01. The summed E-state index contributed by atoms with van der Waals surface area (Å²) >= 11 is 1.07. The van der Waals surface area contributed by atoms with E-state index in [1.807, 2.05) is 0 Å². The molecule has 0 saturated carbocycles. The van der Waals surface area contributed by atoms with Gasteiger partial charge in [-0.25, -0.2) is 4.79 Å². The number of carbonyl (C=O) groups excluding carboxylic acids is 2. The number of carboxylic acids is 1. The monoisotopic (exact) mass is 280 g/mol. The molecular formula is C12H12N2O4S. The molecule has 2 amide bonds. The first kappa shape index (κ1) is 13.4. The molecule has 0 radical (unpaired) electrons. The summed E-state index contributed by atoms with van der Waals surface area (Å²) in [6.45, 7) is 0.233.